The second-order valence-corrected chi connectivity index (χ2v) is 12.0. The second kappa shape index (κ2) is 10.3. The number of hydrogen-bond donors (Lipinski definition) is 2. The molecular formula is C26H34N10O2S. The van der Waals surface area contributed by atoms with Crippen molar-refractivity contribution in [2.45, 2.75) is 63.5 Å². The van der Waals surface area contributed by atoms with E-state index >= 15 is 0 Å². The highest BCUT2D eigenvalue weighted by Crippen LogP contribution is 2.48. The third-order valence-electron chi connectivity index (χ3n) is 8.26. The number of fused-ring (bicyclic) bond motifs is 1. The summed E-state index contributed by atoms with van der Waals surface area (Å²) < 4.78 is 12.2. The monoisotopic (exact) mass is 550 g/mol. The van der Waals surface area contributed by atoms with E-state index in [0.29, 0.717) is 34.3 Å². The van der Waals surface area contributed by atoms with Gasteiger partial charge in [0.05, 0.1) is 11.0 Å². The standard InChI is InChI=1S/C26H34N10O2S/c1-15(17-6-5-11-35(17)3)37-25-32-21(31-24(33-25)36-12-9-29-10-13-36)22-30-23(38-34-22)26(2)8-4-7-18-19(26)16(14-27)20(28)39-18/h15,17,29H,4-13,28H2,1-3H3/t15-,17-,26-/m0/s1. The number of aryl methyl sites for hydroxylation is 1. The van der Waals surface area contributed by atoms with Gasteiger partial charge in [0.1, 0.15) is 17.2 Å². The first-order valence-electron chi connectivity index (χ1n) is 13.6. The Kier molecular flexibility index (Phi) is 6.86. The third kappa shape index (κ3) is 4.70. The number of hydrogen-bond acceptors (Lipinski definition) is 13. The summed E-state index contributed by atoms with van der Waals surface area (Å²) in [5.41, 5.74) is 7.00. The Morgan fingerprint density at radius 1 is 1.18 bits per heavy atom. The molecule has 3 atom stereocenters. The molecule has 0 unspecified atom stereocenters. The largest absolute Gasteiger partial charge is 0.459 e. The average molecular weight is 551 g/mol. The van der Waals surface area contributed by atoms with Gasteiger partial charge in [0.2, 0.25) is 23.5 Å². The molecule has 3 N–H and O–H groups in total. The van der Waals surface area contributed by atoms with Gasteiger partial charge >= 0.3 is 6.01 Å². The van der Waals surface area contributed by atoms with E-state index in [2.05, 4.69) is 50.3 Å². The molecule has 0 spiro atoms. The van der Waals surface area contributed by atoms with E-state index in [1.165, 1.54) is 11.3 Å². The summed E-state index contributed by atoms with van der Waals surface area (Å²) in [4.78, 5) is 24.4. The van der Waals surface area contributed by atoms with Crippen molar-refractivity contribution in [2.24, 2.45) is 0 Å². The van der Waals surface area contributed by atoms with E-state index in [1.807, 2.05) is 6.92 Å². The van der Waals surface area contributed by atoms with Crippen molar-refractivity contribution in [1.29, 1.82) is 5.26 Å². The zero-order chi connectivity index (χ0) is 27.1. The molecule has 1 aliphatic carbocycles. The number of likely N-dealkylation sites (N-methyl/N-ethyl adjacent to an activating group) is 1. The van der Waals surface area contributed by atoms with Crippen LogP contribution in [0.4, 0.5) is 10.9 Å². The Bertz CT molecular complexity index is 1390. The zero-order valence-corrected chi connectivity index (χ0v) is 23.4. The van der Waals surface area contributed by atoms with Gasteiger partial charge in [-0.2, -0.15) is 25.2 Å². The molecule has 0 bridgehead atoms. The molecule has 3 aromatic heterocycles. The smallest absolute Gasteiger partial charge is 0.322 e. The quantitative estimate of drug-likeness (QED) is 0.463. The summed E-state index contributed by atoms with van der Waals surface area (Å²) in [6, 6.07) is 2.86. The molecule has 0 saturated carbocycles. The van der Waals surface area contributed by atoms with Crippen molar-refractivity contribution in [3.63, 3.8) is 0 Å². The molecular weight excluding hydrogens is 516 g/mol. The first kappa shape index (κ1) is 25.9. The highest BCUT2D eigenvalue weighted by atomic mass is 32.1. The number of thiophene rings is 1. The molecule has 2 fully saturated rings. The number of nitrogen functional groups attached to an aromatic ring is 1. The van der Waals surface area contributed by atoms with Crippen LogP contribution < -0.4 is 20.7 Å². The third-order valence-corrected chi connectivity index (χ3v) is 9.34. The predicted molar refractivity (Wildman–Crippen MR) is 147 cm³/mol. The van der Waals surface area contributed by atoms with E-state index in [0.717, 1.165) is 75.3 Å². The Morgan fingerprint density at radius 2 is 2.00 bits per heavy atom. The topological polar surface area (TPSA) is 155 Å². The number of ether oxygens (including phenoxy) is 1. The maximum atomic E-state index is 9.83. The molecule has 39 heavy (non-hydrogen) atoms. The van der Waals surface area contributed by atoms with Crippen molar-refractivity contribution in [3.05, 3.63) is 21.9 Å². The van der Waals surface area contributed by atoms with Crippen molar-refractivity contribution in [1.82, 2.24) is 35.3 Å². The fraction of sp³-hybridized carbons (Fsp3) is 0.615. The van der Waals surface area contributed by atoms with Gasteiger partial charge in [-0.1, -0.05) is 5.16 Å². The van der Waals surface area contributed by atoms with E-state index < -0.39 is 5.41 Å². The Balaban J connectivity index is 1.36. The van der Waals surface area contributed by atoms with Gasteiger partial charge < -0.3 is 25.2 Å². The van der Waals surface area contributed by atoms with Gasteiger partial charge in [-0.15, -0.1) is 11.3 Å². The van der Waals surface area contributed by atoms with Crippen LogP contribution in [0.15, 0.2) is 4.52 Å². The van der Waals surface area contributed by atoms with Gasteiger partial charge in [0.25, 0.3) is 0 Å². The first-order valence-corrected chi connectivity index (χ1v) is 14.4. The predicted octanol–water partition coefficient (Wildman–Crippen LogP) is 2.35. The van der Waals surface area contributed by atoms with E-state index in [4.69, 9.17) is 25.0 Å². The van der Waals surface area contributed by atoms with Crippen LogP contribution in [0.3, 0.4) is 0 Å². The minimum atomic E-state index is -0.618. The molecule has 12 nitrogen and oxygen atoms in total. The van der Waals surface area contributed by atoms with Crippen LogP contribution in [0.1, 0.15) is 61.4 Å². The van der Waals surface area contributed by atoms with Crippen molar-refractivity contribution in [2.75, 3.05) is 50.4 Å². The van der Waals surface area contributed by atoms with Crippen LogP contribution in [0.25, 0.3) is 11.6 Å². The van der Waals surface area contributed by atoms with Crippen molar-refractivity contribution >= 4 is 22.3 Å². The van der Waals surface area contributed by atoms with Gasteiger partial charge in [0, 0.05) is 42.7 Å². The van der Waals surface area contributed by atoms with E-state index in [-0.39, 0.29) is 17.9 Å². The summed E-state index contributed by atoms with van der Waals surface area (Å²) >= 11 is 1.48. The molecule has 6 rings (SSSR count). The zero-order valence-electron chi connectivity index (χ0n) is 22.6. The molecule has 3 aromatic rings. The lowest BCUT2D eigenvalue weighted by molar-refractivity contribution is 0.112. The van der Waals surface area contributed by atoms with E-state index in [1.54, 1.807) is 0 Å². The number of nitriles is 1. The van der Waals surface area contributed by atoms with Crippen molar-refractivity contribution < 1.29 is 9.26 Å². The summed E-state index contributed by atoms with van der Waals surface area (Å²) in [6.07, 6.45) is 4.75. The molecule has 0 radical (unpaired) electrons. The fourth-order valence-corrected chi connectivity index (χ4v) is 7.32. The van der Waals surface area contributed by atoms with Gasteiger partial charge in [0.15, 0.2) is 0 Å². The Labute approximate surface area is 231 Å². The summed E-state index contributed by atoms with van der Waals surface area (Å²) in [7, 11) is 2.12. The number of piperazine rings is 1. The van der Waals surface area contributed by atoms with Crippen LogP contribution >= 0.6 is 11.3 Å². The van der Waals surface area contributed by atoms with Gasteiger partial charge in [-0.25, -0.2) is 0 Å². The first-order chi connectivity index (χ1) is 18.9. The number of likely N-dealkylation sites (tertiary alicyclic amines) is 1. The lowest BCUT2D eigenvalue weighted by Gasteiger charge is -2.30. The Hall–Kier alpha value is -3.34. The fourth-order valence-electron chi connectivity index (χ4n) is 6.13. The number of aromatic nitrogens is 5. The maximum absolute atomic E-state index is 9.83. The SMILES string of the molecule is C[C@H](Oc1nc(-c2noc([C@@]3(C)CCCc4sc(N)c(C#N)c43)n2)nc(N2CCNCC2)n1)[C@@H]1CCCN1C. The maximum Gasteiger partial charge on any atom is 0.322 e. The minimum Gasteiger partial charge on any atom is -0.459 e. The molecule has 206 valence electrons. The number of nitrogens with one attached hydrogen (secondary N) is 1. The highest BCUT2D eigenvalue weighted by molar-refractivity contribution is 7.16. The number of rotatable bonds is 6. The minimum absolute atomic E-state index is 0.0857. The Morgan fingerprint density at radius 3 is 2.74 bits per heavy atom. The van der Waals surface area contributed by atoms with Crippen LogP contribution in [-0.2, 0) is 11.8 Å². The normalized spacial score (nSPS) is 24.4. The highest BCUT2D eigenvalue weighted by Gasteiger charge is 2.43. The summed E-state index contributed by atoms with van der Waals surface area (Å²) in [5, 5.41) is 18.0. The van der Waals surface area contributed by atoms with Crippen LogP contribution in [0.5, 0.6) is 6.01 Å². The summed E-state index contributed by atoms with van der Waals surface area (Å²) in [5.74, 6) is 1.55. The van der Waals surface area contributed by atoms with Crippen LogP contribution in [0.2, 0.25) is 0 Å². The lowest BCUT2D eigenvalue weighted by atomic mass is 9.72. The van der Waals surface area contributed by atoms with Crippen LogP contribution in [-0.4, -0.2) is 81.9 Å². The lowest BCUT2D eigenvalue weighted by Crippen LogP contribution is -2.44. The second-order valence-electron chi connectivity index (χ2n) is 10.9. The molecule has 3 aliphatic rings. The number of nitrogens with two attached hydrogens (primary N) is 1. The molecule has 0 amide bonds. The number of nitrogens with zero attached hydrogens (tertiary/aromatic N) is 8. The molecule has 0 aromatic carbocycles. The van der Waals surface area contributed by atoms with E-state index in [9.17, 15) is 5.26 Å². The summed E-state index contributed by atoms with van der Waals surface area (Å²) in [6.45, 7) is 8.41. The molecule has 5 heterocycles. The van der Waals surface area contributed by atoms with Gasteiger partial charge in [-0.05, 0) is 59.5 Å². The molecule has 2 saturated heterocycles. The molecule has 2 aliphatic heterocycles. The molecule has 13 heteroatoms. The average Bonchev–Trinajstić information content (AvgIpc) is 3.68. The number of anilines is 2. The van der Waals surface area contributed by atoms with Crippen LogP contribution in [0, 0.1) is 11.3 Å². The van der Waals surface area contributed by atoms with Gasteiger partial charge in [-0.3, -0.25) is 4.90 Å². The van der Waals surface area contributed by atoms with Crippen molar-refractivity contribution in [3.8, 4) is 23.7 Å².